The maximum absolute atomic E-state index is 13.1. The van der Waals surface area contributed by atoms with Gasteiger partial charge in [-0.25, -0.2) is 0 Å². The van der Waals surface area contributed by atoms with Gasteiger partial charge in [0, 0.05) is 92.1 Å². The molecule has 0 fully saturated rings. The van der Waals surface area contributed by atoms with Crippen molar-refractivity contribution in [2.75, 3.05) is 157 Å². The molecule has 94 heavy (non-hydrogen) atoms. The molecule has 34 heteroatoms. The van der Waals surface area contributed by atoms with Gasteiger partial charge in [-0.3, -0.25) is 27.6 Å². The smallest absolute Gasteiger partial charge is 0.303 e. The van der Waals surface area contributed by atoms with Gasteiger partial charge < -0.3 is 57.4 Å². The lowest BCUT2D eigenvalue weighted by Crippen LogP contribution is -2.33. The summed E-state index contributed by atoms with van der Waals surface area (Å²) in [6, 6.07) is 9.19. The van der Waals surface area contributed by atoms with Gasteiger partial charge in [0.25, 0.3) is 50.6 Å². The number of fused-ring (bicyclic) bond motifs is 6. The fraction of sp³-hybridized carbons (Fsp3) is 0.567. The monoisotopic (exact) mass is 1430 g/mol. The minimum atomic E-state index is -5.21. The molecule has 2 aliphatic heterocycles. The summed E-state index contributed by atoms with van der Waals surface area (Å²) in [6.45, 7) is 7.95. The number of ether oxygens (including phenoxy) is 10. The molecule has 0 bridgehead atoms. The van der Waals surface area contributed by atoms with Crippen LogP contribution in [0.15, 0.2) is 92.0 Å². The Morgan fingerprint density at radius 1 is 0.500 bits per heavy atom. The molecule has 0 spiro atoms. The van der Waals surface area contributed by atoms with Crippen LogP contribution in [0.1, 0.15) is 69.9 Å². The van der Waals surface area contributed by atoms with E-state index in [-0.39, 0.29) is 132 Å². The second kappa shape index (κ2) is 35.5. The minimum absolute atomic E-state index is 0.00953. The van der Waals surface area contributed by atoms with Crippen molar-refractivity contribution in [3.63, 3.8) is 0 Å². The molecule has 0 amide bonds. The second-order valence-corrected chi connectivity index (χ2v) is 29.5. The molecule has 2 unspecified atom stereocenters. The Kier molecular flexibility index (Phi) is 29.4. The number of aliphatic carboxylic acids is 1. The molecular weight excluding hydrogens is 1340 g/mol. The highest BCUT2D eigenvalue weighted by atomic mass is 32.2. The lowest BCUT2D eigenvalue weighted by Gasteiger charge is -2.31. The number of benzene rings is 4. The van der Waals surface area contributed by atoms with Gasteiger partial charge in [0.1, 0.15) is 16.3 Å². The third-order valence-corrected chi connectivity index (χ3v) is 20.1. The highest BCUT2D eigenvalue weighted by Crippen LogP contribution is 2.54. The van der Waals surface area contributed by atoms with E-state index < -0.39 is 92.7 Å². The first-order valence-electron chi connectivity index (χ1n) is 30.1. The fourth-order valence-electron chi connectivity index (χ4n) is 11.4. The summed E-state index contributed by atoms with van der Waals surface area (Å²) in [6.07, 6.45) is 5.87. The van der Waals surface area contributed by atoms with Crippen LogP contribution in [0.5, 0.6) is 0 Å². The quantitative estimate of drug-likeness (QED) is 0.0176. The van der Waals surface area contributed by atoms with E-state index in [4.69, 9.17) is 47.4 Å². The van der Waals surface area contributed by atoms with Crippen LogP contribution in [0.4, 0.5) is 11.4 Å². The molecule has 526 valence electrons. The van der Waals surface area contributed by atoms with Crippen molar-refractivity contribution >= 4 is 95.2 Å². The number of carboxylic acids is 1. The van der Waals surface area contributed by atoms with Crippen molar-refractivity contribution < 1.29 is 127 Å². The summed E-state index contributed by atoms with van der Waals surface area (Å²) in [5.41, 5.74) is -0.511. The van der Waals surface area contributed by atoms with E-state index in [2.05, 4.69) is 0 Å². The molecule has 0 saturated carbocycles. The third kappa shape index (κ3) is 21.7. The largest absolute Gasteiger partial charge is 0.481 e. The lowest BCUT2D eigenvalue weighted by molar-refractivity contribution is -0.437. The standard InChI is InChI=1S/C60H84N2O27S5/c1-59(17-21-82-27-29-86-35-37-88-33-31-84-25-23-80-3)54(61(19-7-5-6-12-56(63)64)50-15-13-46-48(57(50)59)40-44(91(68,69)70)42-52(46)93(74,75)76)10-8-11-55-60(2,18-22-83-28-30-87-36-38-89-34-32-85-26-24-81-4)58-49-41-45(92(71,72)73)43-53(94(77,78)79)47(49)14-16-51(58)62(55)20-9-39-90(65,66)67/h8,10-11,13-16,40-43H,5-7,9,12,17-39H2,1-4H3,(H5-,63,64,65,66,67,68,69,70,71,72,73,74,75,76,77,78,79)/p+1. The fourth-order valence-corrected chi connectivity index (χ4v) is 14.6. The van der Waals surface area contributed by atoms with Crippen molar-refractivity contribution in [3.05, 3.63) is 83.6 Å². The number of hydrogen-bond acceptors (Lipinski definition) is 22. The first kappa shape index (κ1) is 78.0. The van der Waals surface area contributed by atoms with Crippen LogP contribution < -0.4 is 4.90 Å². The molecule has 4 aromatic rings. The highest BCUT2D eigenvalue weighted by molar-refractivity contribution is 7.87. The molecule has 4 aromatic carbocycles. The van der Waals surface area contributed by atoms with Crippen LogP contribution in [0.2, 0.25) is 0 Å². The molecule has 2 heterocycles. The Morgan fingerprint density at radius 2 is 0.926 bits per heavy atom. The number of rotatable bonds is 46. The van der Waals surface area contributed by atoms with Crippen LogP contribution in [-0.4, -0.2) is 238 Å². The average molecular weight is 1430 g/mol. The zero-order chi connectivity index (χ0) is 69.0. The van der Waals surface area contributed by atoms with E-state index in [1.54, 1.807) is 56.9 Å². The Labute approximate surface area is 548 Å². The predicted octanol–water partition coefficient (Wildman–Crippen LogP) is 5.68. The number of carbonyl (C=O) groups is 1. The molecular formula is C60H85N2O27S5+. The van der Waals surface area contributed by atoms with E-state index >= 15 is 0 Å². The summed E-state index contributed by atoms with van der Waals surface area (Å²) in [5.74, 6) is -1.73. The van der Waals surface area contributed by atoms with Gasteiger partial charge in [0.2, 0.25) is 5.69 Å². The summed E-state index contributed by atoms with van der Waals surface area (Å²) < 4.78 is 238. The van der Waals surface area contributed by atoms with E-state index in [9.17, 15) is 74.8 Å². The second-order valence-electron chi connectivity index (χ2n) is 22.3. The van der Waals surface area contributed by atoms with Crippen molar-refractivity contribution in [2.45, 2.75) is 89.2 Å². The number of nitrogens with zero attached hydrogens (tertiary/aromatic N) is 2. The molecule has 2 atom stereocenters. The normalized spacial score (nSPS) is 17.6. The minimum Gasteiger partial charge on any atom is -0.481 e. The molecule has 0 aliphatic carbocycles. The van der Waals surface area contributed by atoms with E-state index in [0.717, 1.165) is 12.1 Å². The molecule has 6 rings (SSSR count). The van der Waals surface area contributed by atoms with Crippen LogP contribution >= 0.6 is 0 Å². The predicted molar refractivity (Wildman–Crippen MR) is 343 cm³/mol. The molecule has 0 saturated heterocycles. The van der Waals surface area contributed by atoms with Crippen molar-refractivity contribution in [1.82, 2.24) is 0 Å². The van der Waals surface area contributed by atoms with Gasteiger partial charge >= 0.3 is 5.97 Å². The number of carboxylic acid groups (broad SMARTS) is 1. The average Bonchev–Trinajstić information content (AvgIpc) is 1.53. The topological polar surface area (TPSA) is 408 Å². The van der Waals surface area contributed by atoms with Crippen molar-refractivity contribution in [2.24, 2.45) is 0 Å². The van der Waals surface area contributed by atoms with Crippen LogP contribution in [-0.2, 0) is 114 Å². The first-order valence-corrected chi connectivity index (χ1v) is 37.5. The number of unbranched alkanes of at least 4 members (excludes halogenated alkanes) is 2. The molecule has 0 radical (unpaired) electrons. The summed E-state index contributed by atoms with van der Waals surface area (Å²) in [7, 11) is -22.1. The van der Waals surface area contributed by atoms with Gasteiger partial charge in [-0.15, -0.1) is 0 Å². The number of methoxy groups -OCH3 is 2. The van der Waals surface area contributed by atoms with E-state index in [1.165, 1.54) is 18.2 Å². The highest BCUT2D eigenvalue weighted by Gasteiger charge is 2.50. The van der Waals surface area contributed by atoms with Gasteiger partial charge in [-0.2, -0.15) is 46.7 Å². The van der Waals surface area contributed by atoms with E-state index in [1.807, 2.05) is 4.90 Å². The number of allylic oxidation sites excluding steroid dienone is 4. The van der Waals surface area contributed by atoms with Gasteiger partial charge in [0.05, 0.1) is 127 Å². The maximum Gasteiger partial charge on any atom is 0.303 e. The van der Waals surface area contributed by atoms with Crippen LogP contribution in [0.3, 0.4) is 0 Å². The van der Waals surface area contributed by atoms with Crippen LogP contribution in [0, 0.1) is 0 Å². The van der Waals surface area contributed by atoms with Gasteiger partial charge in [0.15, 0.2) is 5.71 Å². The third-order valence-electron chi connectivity index (χ3n) is 15.8. The molecule has 2 aliphatic rings. The Balaban J connectivity index is 1.49. The first-order chi connectivity index (χ1) is 44.4. The van der Waals surface area contributed by atoms with E-state index in [0.29, 0.717) is 113 Å². The summed E-state index contributed by atoms with van der Waals surface area (Å²) in [5, 5.41) is 9.21. The lowest BCUT2D eigenvalue weighted by atomic mass is 9.74. The molecule has 6 N–H and O–H groups in total. The van der Waals surface area contributed by atoms with Gasteiger partial charge in [-0.05, 0) is 98.3 Å². The Bertz CT molecular complexity index is 3940. The van der Waals surface area contributed by atoms with Crippen molar-refractivity contribution in [3.8, 4) is 0 Å². The summed E-state index contributed by atoms with van der Waals surface area (Å²) >= 11 is 0. The maximum atomic E-state index is 13.1. The van der Waals surface area contributed by atoms with Crippen molar-refractivity contribution in [1.29, 1.82) is 0 Å². The SMILES string of the molecule is COCCOCCOCCOCCOCCC1(C)C(/C=C/C=C2/N(CCCCCC(=O)O)c3ccc4c(S(=O)(=O)O)cc(S(=O)(=O)O)cc4c3C2(C)CCOCCOCCOCCOCCOC)=[N+](CCCS(=O)(=O)O)c2ccc3c(S(=O)(=O)O)cc(S(=O)(=O)O)cc3c21. The Hall–Kier alpha value is -5.03. The Morgan fingerprint density at radius 3 is 1.35 bits per heavy atom. The number of anilines is 1. The molecule has 29 nitrogen and oxygen atoms in total. The van der Waals surface area contributed by atoms with Gasteiger partial charge in [-0.1, -0.05) is 18.6 Å². The zero-order valence-electron chi connectivity index (χ0n) is 52.8. The van der Waals surface area contributed by atoms with Crippen LogP contribution in [0.25, 0.3) is 21.5 Å². The zero-order valence-corrected chi connectivity index (χ0v) is 56.9. The molecule has 0 aromatic heterocycles. The summed E-state index contributed by atoms with van der Waals surface area (Å²) in [4.78, 5) is 10.1. The number of hydrogen-bond donors (Lipinski definition) is 6.